The summed E-state index contributed by atoms with van der Waals surface area (Å²) in [6.45, 7) is 6.50. The van der Waals surface area contributed by atoms with Crippen LogP contribution in [0.25, 0.3) is 0 Å². The van der Waals surface area contributed by atoms with E-state index in [1.54, 1.807) is 0 Å². The second kappa shape index (κ2) is 2.86. The highest BCUT2D eigenvalue weighted by Crippen LogP contribution is 2.82. The van der Waals surface area contributed by atoms with E-state index < -0.39 is 17.1 Å². The SMILES string of the molecule is CC1(C)C[C@@H]2[C@H](C1)[C@@]1(C)C[C@@]13C(=O)OC[C@]3(O)[C@H]2O. The van der Waals surface area contributed by atoms with Crippen molar-refractivity contribution < 1.29 is 19.7 Å². The third kappa shape index (κ3) is 1.03. The molecule has 1 saturated heterocycles. The second-order valence-corrected chi connectivity index (χ2v) is 8.29. The van der Waals surface area contributed by atoms with Crippen LogP contribution in [0.4, 0.5) is 0 Å². The van der Waals surface area contributed by atoms with Gasteiger partial charge >= 0.3 is 5.97 Å². The van der Waals surface area contributed by atoms with Gasteiger partial charge in [-0.25, -0.2) is 0 Å². The molecule has 0 amide bonds. The summed E-state index contributed by atoms with van der Waals surface area (Å²) in [7, 11) is 0. The van der Waals surface area contributed by atoms with Crippen molar-refractivity contribution in [2.45, 2.75) is 51.7 Å². The Morgan fingerprint density at radius 1 is 1.26 bits per heavy atom. The third-order valence-electron chi connectivity index (χ3n) is 6.78. The van der Waals surface area contributed by atoms with E-state index in [1.807, 2.05) is 0 Å². The smallest absolute Gasteiger partial charge is 0.315 e. The van der Waals surface area contributed by atoms with Crippen LogP contribution in [0.3, 0.4) is 0 Å². The Labute approximate surface area is 113 Å². The van der Waals surface area contributed by atoms with Crippen LogP contribution in [0.5, 0.6) is 0 Å². The summed E-state index contributed by atoms with van der Waals surface area (Å²) in [5, 5.41) is 21.6. The van der Waals surface area contributed by atoms with Gasteiger partial charge in [-0.15, -0.1) is 0 Å². The van der Waals surface area contributed by atoms with Gasteiger partial charge in [0.1, 0.15) is 17.6 Å². The molecular weight excluding hydrogens is 244 g/mol. The maximum absolute atomic E-state index is 12.2. The lowest BCUT2D eigenvalue weighted by Crippen LogP contribution is -2.60. The standard InChI is InChI=1S/C15H22O4/c1-12(2)4-8-9(5-12)13(3)6-14(13)11(17)19-7-15(14,18)10(8)16/h8-10,16,18H,4-7H2,1-3H3/t8-,9+,10+,13-,14-,15+/m1/s1. The Balaban J connectivity index is 1.85. The van der Waals surface area contributed by atoms with Crippen LogP contribution in [0.1, 0.15) is 40.0 Å². The van der Waals surface area contributed by atoms with E-state index in [4.69, 9.17) is 4.74 Å². The molecule has 3 saturated carbocycles. The maximum atomic E-state index is 12.2. The number of carbonyl (C=O) groups excluding carboxylic acids is 1. The normalized spacial score (nSPS) is 61.1. The van der Waals surface area contributed by atoms with E-state index in [9.17, 15) is 15.0 Å². The first-order chi connectivity index (χ1) is 8.68. The zero-order valence-electron chi connectivity index (χ0n) is 11.8. The van der Waals surface area contributed by atoms with Crippen molar-refractivity contribution >= 4 is 5.97 Å². The minimum absolute atomic E-state index is 0.0355. The topological polar surface area (TPSA) is 66.8 Å². The first-order valence-electron chi connectivity index (χ1n) is 7.26. The quantitative estimate of drug-likeness (QED) is 0.644. The Kier molecular flexibility index (Phi) is 1.83. The molecule has 106 valence electrons. The van der Waals surface area contributed by atoms with Crippen molar-refractivity contribution in [3.05, 3.63) is 0 Å². The lowest BCUT2D eigenvalue weighted by Gasteiger charge is -2.46. The van der Waals surface area contributed by atoms with Gasteiger partial charge in [-0.1, -0.05) is 20.8 Å². The Morgan fingerprint density at radius 3 is 2.63 bits per heavy atom. The monoisotopic (exact) mass is 266 g/mol. The molecule has 3 aliphatic carbocycles. The number of aliphatic hydroxyl groups excluding tert-OH is 1. The molecule has 4 nitrogen and oxygen atoms in total. The maximum Gasteiger partial charge on any atom is 0.315 e. The lowest BCUT2D eigenvalue weighted by atomic mass is 9.61. The average Bonchev–Trinajstić information content (AvgIpc) is 2.73. The van der Waals surface area contributed by atoms with Gasteiger partial charge in [-0.3, -0.25) is 4.79 Å². The molecule has 19 heavy (non-hydrogen) atoms. The fourth-order valence-electron chi connectivity index (χ4n) is 5.84. The van der Waals surface area contributed by atoms with E-state index in [0.717, 1.165) is 12.8 Å². The van der Waals surface area contributed by atoms with Crippen molar-refractivity contribution in [1.82, 2.24) is 0 Å². The van der Waals surface area contributed by atoms with Crippen molar-refractivity contribution in [1.29, 1.82) is 0 Å². The zero-order valence-corrected chi connectivity index (χ0v) is 11.8. The molecule has 1 heterocycles. The van der Waals surface area contributed by atoms with Gasteiger partial charge in [0.25, 0.3) is 0 Å². The first kappa shape index (κ1) is 12.2. The average molecular weight is 266 g/mol. The summed E-state index contributed by atoms with van der Waals surface area (Å²) < 4.78 is 5.15. The van der Waals surface area contributed by atoms with Gasteiger partial charge in [0.15, 0.2) is 0 Å². The lowest BCUT2D eigenvalue weighted by molar-refractivity contribution is -0.176. The summed E-state index contributed by atoms with van der Waals surface area (Å²) >= 11 is 0. The number of ether oxygens (including phenoxy) is 1. The van der Waals surface area contributed by atoms with Crippen molar-refractivity contribution in [3.8, 4) is 0 Å². The van der Waals surface area contributed by atoms with Crippen molar-refractivity contribution in [3.63, 3.8) is 0 Å². The Morgan fingerprint density at radius 2 is 1.95 bits per heavy atom. The van der Waals surface area contributed by atoms with Gasteiger partial charge in [0, 0.05) is 0 Å². The molecule has 0 radical (unpaired) electrons. The van der Waals surface area contributed by atoms with Gasteiger partial charge in [0.05, 0.1) is 6.10 Å². The predicted molar refractivity (Wildman–Crippen MR) is 67.1 cm³/mol. The number of esters is 1. The molecule has 4 aliphatic rings. The summed E-state index contributed by atoms with van der Waals surface area (Å²) in [4.78, 5) is 12.2. The summed E-state index contributed by atoms with van der Waals surface area (Å²) in [6, 6.07) is 0. The van der Waals surface area contributed by atoms with Gasteiger partial charge in [0.2, 0.25) is 0 Å². The van der Waals surface area contributed by atoms with E-state index in [-0.39, 0.29) is 29.3 Å². The molecule has 1 aliphatic heterocycles. The van der Waals surface area contributed by atoms with Crippen molar-refractivity contribution in [2.75, 3.05) is 6.61 Å². The van der Waals surface area contributed by atoms with Gasteiger partial charge in [-0.2, -0.15) is 0 Å². The van der Waals surface area contributed by atoms with Crippen LogP contribution < -0.4 is 0 Å². The van der Waals surface area contributed by atoms with Gasteiger partial charge in [-0.05, 0) is 41.9 Å². The molecule has 4 heteroatoms. The molecular formula is C15H22O4. The molecule has 4 rings (SSSR count). The minimum Gasteiger partial charge on any atom is -0.462 e. The van der Waals surface area contributed by atoms with Gasteiger partial charge < -0.3 is 14.9 Å². The number of hydrogen-bond acceptors (Lipinski definition) is 4. The highest BCUT2D eigenvalue weighted by Gasteiger charge is 2.89. The molecule has 0 bridgehead atoms. The third-order valence-corrected chi connectivity index (χ3v) is 6.78. The molecule has 4 fully saturated rings. The van der Waals surface area contributed by atoms with Crippen LogP contribution in [0.15, 0.2) is 0 Å². The van der Waals surface area contributed by atoms with Crippen molar-refractivity contribution in [2.24, 2.45) is 28.1 Å². The number of carbonyl (C=O) groups is 1. The molecule has 1 spiro atoms. The predicted octanol–water partition coefficient (Wildman–Crippen LogP) is 1.10. The van der Waals surface area contributed by atoms with Crippen LogP contribution >= 0.6 is 0 Å². The van der Waals surface area contributed by atoms with E-state index in [0.29, 0.717) is 12.3 Å². The van der Waals surface area contributed by atoms with E-state index in [2.05, 4.69) is 20.8 Å². The summed E-state index contributed by atoms with van der Waals surface area (Å²) in [5.74, 6) is 0.123. The highest BCUT2D eigenvalue weighted by molar-refractivity contribution is 5.87. The van der Waals surface area contributed by atoms with E-state index in [1.165, 1.54) is 0 Å². The molecule has 2 N–H and O–H groups in total. The van der Waals surface area contributed by atoms with Crippen LogP contribution in [0, 0.1) is 28.1 Å². The fraction of sp³-hybridized carbons (Fsp3) is 0.933. The Bertz CT molecular complexity index is 487. The summed E-state index contributed by atoms with van der Waals surface area (Å²) in [5.41, 5.74) is -2.20. The van der Waals surface area contributed by atoms with Crippen LogP contribution in [-0.4, -0.2) is 34.5 Å². The van der Waals surface area contributed by atoms with E-state index >= 15 is 0 Å². The molecule has 0 aromatic rings. The Hall–Kier alpha value is -0.610. The molecule has 0 aromatic carbocycles. The number of rotatable bonds is 0. The number of hydrogen-bond donors (Lipinski definition) is 2. The largest absolute Gasteiger partial charge is 0.462 e. The van der Waals surface area contributed by atoms with Crippen LogP contribution in [-0.2, 0) is 9.53 Å². The first-order valence-corrected chi connectivity index (χ1v) is 7.26. The number of cyclic esters (lactones) is 1. The molecule has 6 atom stereocenters. The minimum atomic E-state index is -1.36. The highest BCUT2D eigenvalue weighted by atomic mass is 16.6. The molecule has 0 aromatic heterocycles. The number of fused-ring (bicyclic) bond motifs is 2. The number of aliphatic hydroxyl groups is 2. The van der Waals surface area contributed by atoms with Crippen LogP contribution in [0.2, 0.25) is 0 Å². The fourth-order valence-corrected chi connectivity index (χ4v) is 5.84. The summed E-state index contributed by atoms with van der Waals surface area (Å²) in [6.07, 6.45) is 1.78. The molecule has 0 unspecified atom stereocenters. The second-order valence-electron chi connectivity index (χ2n) is 8.29. The zero-order chi connectivity index (χ0) is 13.8.